The van der Waals surface area contributed by atoms with Crippen LogP contribution in [0.25, 0.3) is 0 Å². The van der Waals surface area contributed by atoms with Gasteiger partial charge in [-0.25, -0.2) is 4.39 Å². The molecule has 0 bridgehead atoms. The van der Waals surface area contributed by atoms with Gasteiger partial charge in [-0.15, -0.1) is 0 Å². The number of carbonyl (C=O) groups is 2. The van der Waals surface area contributed by atoms with Gasteiger partial charge in [0.1, 0.15) is 11.6 Å². The van der Waals surface area contributed by atoms with Gasteiger partial charge in [0.05, 0.1) is 6.10 Å². The number of aryl methyl sites for hydroxylation is 1. The maximum absolute atomic E-state index is 13.0. The summed E-state index contributed by atoms with van der Waals surface area (Å²) in [7, 11) is 0. The number of hydrogen-bond donors (Lipinski definition) is 2. The number of amides is 2. The molecule has 0 aromatic heterocycles. The Morgan fingerprint density at radius 1 is 1.08 bits per heavy atom. The van der Waals surface area contributed by atoms with Gasteiger partial charge in [-0.3, -0.25) is 9.59 Å². The van der Waals surface area contributed by atoms with Crippen molar-refractivity contribution in [3.05, 3.63) is 59.4 Å². The topological polar surface area (TPSA) is 67.4 Å². The van der Waals surface area contributed by atoms with Crippen molar-refractivity contribution in [2.24, 2.45) is 0 Å². The van der Waals surface area contributed by atoms with Crippen LogP contribution in [-0.4, -0.2) is 17.9 Å². The van der Waals surface area contributed by atoms with Crippen LogP contribution in [0.2, 0.25) is 0 Å². The van der Waals surface area contributed by atoms with Crippen LogP contribution < -0.4 is 15.4 Å². The van der Waals surface area contributed by atoms with Crippen LogP contribution in [0.5, 0.6) is 5.75 Å². The monoisotopic (exact) mass is 344 g/mol. The minimum atomic E-state index is -0.797. The van der Waals surface area contributed by atoms with Crippen LogP contribution in [0.4, 0.5) is 10.1 Å². The van der Waals surface area contributed by atoms with Crippen LogP contribution >= 0.6 is 0 Å². The van der Waals surface area contributed by atoms with E-state index in [9.17, 15) is 14.0 Å². The molecule has 0 atom stereocenters. The highest BCUT2D eigenvalue weighted by Crippen LogP contribution is 2.16. The second kappa shape index (κ2) is 8.28. The summed E-state index contributed by atoms with van der Waals surface area (Å²) < 4.78 is 18.6. The number of nitrogens with one attached hydrogen (secondary N) is 2. The highest BCUT2D eigenvalue weighted by Gasteiger charge is 2.14. The summed E-state index contributed by atoms with van der Waals surface area (Å²) in [5.74, 6) is -1.21. The molecule has 0 fully saturated rings. The molecule has 0 heterocycles. The molecule has 25 heavy (non-hydrogen) atoms. The second-order valence-electron chi connectivity index (χ2n) is 5.91. The molecule has 5 nitrogen and oxygen atoms in total. The molecule has 6 heteroatoms. The van der Waals surface area contributed by atoms with Crippen molar-refractivity contribution < 1.29 is 18.7 Å². The lowest BCUT2D eigenvalue weighted by Crippen LogP contribution is -2.35. The van der Waals surface area contributed by atoms with E-state index in [-0.39, 0.29) is 12.6 Å². The lowest BCUT2D eigenvalue weighted by atomic mass is 10.2. The fraction of sp³-hybridized carbons (Fsp3) is 0.263. The summed E-state index contributed by atoms with van der Waals surface area (Å²) in [5.41, 5.74) is 1.79. The molecule has 132 valence electrons. The summed E-state index contributed by atoms with van der Waals surface area (Å²) in [5, 5.41) is 5.01. The minimum Gasteiger partial charge on any atom is -0.491 e. The van der Waals surface area contributed by atoms with Crippen molar-refractivity contribution in [3.63, 3.8) is 0 Å². The SMILES string of the molecule is Cc1cc(F)ccc1NC(=O)C(=O)NCc1ccc(OC(C)C)cc1. The maximum atomic E-state index is 13.0. The highest BCUT2D eigenvalue weighted by molar-refractivity contribution is 6.39. The van der Waals surface area contributed by atoms with Gasteiger partial charge in [-0.05, 0) is 62.2 Å². The van der Waals surface area contributed by atoms with Crippen LogP contribution in [0.15, 0.2) is 42.5 Å². The number of carbonyl (C=O) groups excluding carboxylic acids is 2. The first kappa shape index (κ1) is 18.4. The fourth-order valence-electron chi connectivity index (χ4n) is 2.17. The first-order valence-corrected chi connectivity index (χ1v) is 7.96. The molecule has 2 N–H and O–H groups in total. The standard InChI is InChI=1S/C19H21FN2O3/c1-12(2)25-16-7-4-14(5-8-16)11-21-18(23)19(24)22-17-9-6-15(20)10-13(17)3/h4-10,12H,11H2,1-3H3,(H,21,23)(H,22,24). The van der Waals surface area contributed by atoms with Gasteiger partial charge in [0.25, 0.3) is 0 Å². The Bertz CT molecular complexity index is 758. The molecule has 0 unspecified atom stereocenters. The fourth-order valence-corrected chi connectivity index (χ4v) is 2.17. The van der Waals surface area contributed by atoms with Gasteiger partial charge in [-0.2, -0.15) is 0 Å². The number of hydrogen-bond acceptors (Lipinski definition) is 3. The van der Waals surface area contributed by atoms with E-state index in [2.05, 4.69) is 10.6 Å². The Morgan fingerprint density at radius 3 is 2.36 bits per heavy atom. The molecule has 0 saturated heterocycles. The average molecular weight is 344 g/mol. The number of anilines is 1. The van der Waals surface area contributed by atoms with Gasteiger partial charge in [0.15, 0.2) is 0 Å². The molecule has 0 aliphatic carbocycles. The molecule has 0 aliphatic heterocycles. The maximum Gasteiger partial charge on any atom is 0.313 e. The minimum absolute atomic E-state index is 0.0872. The Morgan fingerprint density at radius 2 is 1.76 bits per heavy atom. The van der Waals surface area contributed by atoms with E-state index in [0.717, 1.165) is 11.3 Å². The molecule has 0 saturated carbocycles. The van der Waals surface area contributed by atoms with Crippen LogP contribution in [0.3, 0.4) is 0 Å². The van der Waals surface area contributed by atoms with E-state index in [1.165, 1.54) is 18.2 Å². The van der Waals surface area contributed by atoms with Crippen molar-refractivity contribution in [1.82, 2.24) is 5.32 Å². The first-order chi connectivity index (χ1) is 11.8. The highest BCUT2D eigenvalue weighted by atomic mass is 19.1. The molecule has 2 aromatic rings. The molecule has 2 rings (SSSR count). The summed E-state index contributed by atoms with van der Waals surface area (Å²) >= 11 is 0. The van der Waals surface area contributed by atoms with Gasteiger partial charge < -0.3 is 15.4 Å². The summed E-state index contributed by atoms with van der Waals surface area (Å²) in [4.78, 5) is 23.8. The summed E-state index contributed by atoms with van der Waals surface area (Å²) in [6, 6.07) is 11.2. The number of ether oxygens (including phenoxy) is 1. The normalized spacial score (nSPS) is 10.4. The van der Waals surface area contributed by atoms with Crippen LogP contribution in [0.1, 0.15) is 25.0 Å². The largest absolute Gasteiger partial charge is 0.491 e. The van der Waals surface area contributed by atoms with Crippen molar-refractivity contribution in [2.45, 2.75) is 33.4 Å². The predicted octanol–water partition coefficient (Wildman–Crippen LogP) is 3.18. The van der Waals surface area contributed by atoms with E-state index in [0.29, 0.717) is 11.3 Å². The van der Waals surface area contributed by atoms with Crippen molar-refractivity contribution in [3.8, 4) is 5.75 Å². The third kappa shape index (κ3) is 5.60. The number of rotatable bonds is 5. The Hall–Kier alpha value is -2.89. The van der Waals surface area contributed by atoms with E-state index in [1.54, 1.807) is 6.92 Å². The van der Waals surface area contributed by atoms with Gasteiger partial charge >= 0.3 is 11.8 Å². The lowest BCUT2D eigenvalue weighted by Gasteiger charge is -2.11. The van der Waals surface area contributed by atoms with Gasteiger partial charge in [-0.1, -0.05) is 12.1 Å². The van der Waals surface area contributed by atoms with E-state index < -0.39 is 17.6 Å². The molecule has 2 amide bonds. The summed E-state index contributed by atoms with van der Waals surface area (Å²) in [6.45, 7) is 5.75. The smallest absolute Gasteiger partial charge is 0.313 e. The van der Waals surface area contributed by atoms with E-state index >= 15 is 0 Å². The third-order valence-corrected chi connectivity index (χ3v) is 3.39. The molecular formula is C19H21FN2O3. The zero-order valence-electron chi connectivity index (χ0n) is 14.4. The number of halogens is 1. The lowest BCUT2D eigenvalue weighted by molar-refractivity contribution is -0.136. The Balaban J connectivity index is 1.87. The average Bonchev–Trinajstić information content (AvgIpc) is 2.56. The van der Waals surface area contributed by atoms with Gasteiger partial charge in [0.2, 0.25) is 0 Å². The molecular weight excluding hydrogens is 323 g/mol. The van der Waals surface area contributed by atoms with E-state index in [1.807, 2.05) is 38.1 Å². The molecule has 0 spiro atoms. The van der Waals surface area contributed by atoms with Crippen LogP contribution in [-0.2, 0) is 16.1 Å². The second-order valence-corrected chi connectivity index (χ2v) is 5.91. The van der Waals surface area contributed by atoms with Crippen molar-refractivity contribution in [2.75, 3.05) is 5.32 Å². The number of benzene rings is 2. The van der Waals surface area contributed by atoms with Crippen LogP contribution in [0, 0.1) is 12.7 Å². The van der Waals surface area contributed by atoms with Gasteiger partial charge in [0, 0.05) is 12.2 Å². The first-order valence-electron chi connectivity index (χ1n) is 7.96. The quantitative estimate of drug-likeness (QED) is 0.819. The molecule has 2 aromatic carbocycles. The zero-order chi connectivity index (χ0) is 18.4. The summed E-state index contributed by atoms with van der Waals surface area (Å²) in [6.07, 6.45) is 0.0872. The molecule has 0 aliphatic rings. The van der Waals surface area contributed by atoms with Crippen molar-refractivity contribution in [1.29, 1.82) is 0 Å². The van der Waals surface area contributed by atoms with E-state index in [4.69, 9.17) is 4.74 Å². The Labute approximate surface area is 146 Å². The zero-order valence-corrected chi connectivity index (χ0v) is 14.4. The molecule has 0 radical (unpaired) electrons. The Kier molecular flexibility index (Phi) is 6.11. The predicted molar refractivity (Wildman–Crippen MR) is 93.8 cm³/mol. The third-order valence-electron chi connectivity index (χ3n) is 3.39. The van der Waals surface area contributed by atoms with Crippen molar-refractivity contribution >= 4 is 17.5 Å².